The van der Waals surface area contributed by atoms with Gasteiger partial charge in [0.1, 0.15) is 0 Å². The second-order valence-electron chi connectivity index (χ2n) is 5.47. The lowest BCUT2D eigenvalue weighted by molar-refractivity contribution is -0.136. The number of nitrogens with one attached hydrogen (secondary N) is 1. The lowest BCUT2D eigenvalue weighted by Crippen LogP contribution is -2.70. The van der Waals surface area contributed by atoms with Crippen LogP contribution in [0.5, 0.6) is 0 Å². The standard InChI is InChI=1S/C15H14N2O4S/c1-21-13-14(18)17-12-10(8-22(19,20)15(13)17)7-16-11(12)9-5-3-2-4-6-9/h2-7,13,15-16H,8H2,1H3/t13-,15+/m0/s1. The number of ether oxygens (including phenoxy) is 1. The van der Waals surface area contributed by atoms with Gasteiger partial charge < -0.3 is 9.72 Å². The number of hydrogen-bond donors (Lipinski definition) is 1. The minimum Gasteiger partial charge on any atom is -0.368 e. The van der Waals surface area contributed by atoms with Gasteiger partial charge in [-0.05, 0) is 0 Å². The minimum atomic E-state index is -3.44. The van der Waals surface area contributed by atoms with Crippen LogP contribution in [0.1, 0.15) is 5.56 Å². The van der Waals surface area contributed by atoms with E-state index >= 15 is 0 Å². The normalized spacial score (nSPS) is 25.3. The number of benzene rings is 1. The Labute approximate surface area is 127 Å². The van der Waals surface area contributed by atoms with Crippen LogP contribution in [0.3, 0.4) is 0 Å². The average Bonchev–Trinajstić information content (AvgIpc) is 2.89. The number of rotatable bonds is 2. The number of amides is 1. The summed E-state index contributed by atoms with van der Waals surface area (Å²) in [5.74, 6) is -0.395. The van der Waals surface area contributed by atoms with E-state index in [2.05, 4.69) is 4.98 Å². The number of fused-ring (bicyclic) bond motifs is 3. The molecule has 2 aromatic rings. The molecule has 1 fully saturated rings. The Balaban J connectivity index is 1.89. The van der Waals surface area contributed by atoms with Crippen LogP contribution < -0.4 is 4.90 Å². The first kappa shape index (κ1) is 13.5. The van der Waals surface area contributed by atoms with Crippen LogP contribution in [0.4, 0.5) is 5.69 Å². The zero-order valence-electron chi connectivity index (χ0n) is 11.8. The molecule has 0 saturated carbocycles. The maximum atomic E-state index is 12.4. The van der Waals surface area contributed by atoms with E-state index in [1.54, 1.807) is 6.20 Å². The lowest BCUT2D eigenvalue weighted by Gasteiger charge is -2.47. The second kappa shape index (κ2) is 4.44. The van der Waals surface area contributed by atoms with Crippen molar-refractivity contribution < 1.29 is 17.9 Å². The van der Waals surface area contributed by atoms with E-state index in [1.165, 1.54) is 12.0 Å². The number of sulfone groups is 1. The molecule has 0 bridgehead atoms. The predicted octanol–water partition coefficient (Wildman–Crippen LogP) is 1.30. The van der Waals surface area contributed by atoms with Crippen molar-refractivity contribution in [2.75, 3.05) is 12.0 Å². The third-order valence-corrected chi connectivity index (χ3v) is 6.12. The van der Waals surface area contributed by atoms with Crippen molar-refractivity contribution >= 4 is 21.4 Å². The predicted molar refractivity (Wildman–Crippen MR) is 80.9 cm³/mol. The number of aromatic nitrogens is 1. The summed E-state index contributed by atoms with van der Waals surface area (Å²) in [5.41, 5.74) is 2.95. The fourth-order valence-corrected chi connectivity index (χ4v) is 5.17. The number of carbonyl (C=O) groups is 1. The third kappa shape index (κ3) is 1.63. The van der Waals surface area contributed by atoms with Crippen LogP contribution in [0, 0.1) is 0 Å². The van der Waals surface area contributed by atoms with Crippen molar-refractivity contribution in [1.82, 2.24) is 4.98 Å². The monoisotopic (exact) mass is 318 g/mol. The summed E-state index contributed by atoms with van der Waals surface area (Å²) >= 11 is 0. The van der Waals surface area contributed by atoms with Crippen molar-refractivity contribution in [1.29, 1.82) is 0 Å². The molecule has 4 rings (SSSR count). The van der Waals surface area contributed by atoms with Gasteiger partial charge >= 0.3 is 0 Å². The summed E-state index contributed by atoms with van der Waals surface area (Å²) in [7, 11) is -2.08. The molecule has 2 aliphatic heterocycles. The highest BCUT2D eigenvalue weighted by Gasteiger charge is 2.59. The summed E-state index contributed by atoms with van der Waals surface area (Å²) in [6.45, 7) is 0. The molecule has 6 nitrogen and oxygen atoms in total. The first-order valence-corrected chi connectivity index (χ1v) is 8.59. The van der Waals surface area contributed by atoms with Crippen LogP contribution in [0.15, 0.2) is 36.5 Å². The number of nitrogens with zero attached hydrogens (tertiary/aromatic N) is 1. The van der Waals surface area contributed by atoms with Gasteiger partial charge in [0.25, 0.3) is 5.91 Å². The Bertz CT molecular complexity index is 857. The minimum absolute atomic E-state index is 0.0834. The molecular weight excluding hydrogens is 304 g/mol. The van der Waals surface area contributed by atoms with Gasteiger partial charge in [0.2, 0.25) is 0 Å². The molecule has 2 atom stereocenters. The first-order chi connectivity index (χ1) is 10.5. The fraction of sp³-hybridized carbons (Fsp3) is 0.267. The van der Waals surface area contributed by atoms with E-state index in [0.717, 1.165) is 11.3 Å². The van der Waals surface area contributed by atoms with Crippen LogP contribution in [-0.2, 0) is 25.1 Å². The van der Waals surface area contributed by atoms with Crippen molar-refractivity contribution in [3.05, 3.63) is 42.1 Å². The van der Waals surface area contributed by atoms with Gasteiger partial charge in [0.05, 0.1) is 17.1 Å². The highest BCUT2D eigenvalue weighted by atomic mass is 32.2. The van der Waals surface area contributed by atoms with E-state index in [1.807, 2.05) is 30.3 Å². The van der Waals surface area contributed by atoms with Gasteiger partial charge in [-0.2, -0.15) is 0 Å². The molecule has 1 saturated heterocycles. The summed E-state index contributed by atoms with van der Waals surface area (Å²) in [6.07, 6.45) is 0.760. The zero-order valence-corrected chi connectivity index (χ0v) is 12.6. The number of methoxy groups -OCH3 is 1. The van der Waals surface area contributed by atoms with Crippen LogP contribution in [-0.4, -0.2) is 37.9 Å². The molecule has 0 spiro atoms. The number of β-lactam (4-membered cyclic amide) rings is 1. The summed E-state index contributed by atoms with van der Waals surface area (Å²) in [4.78, 5) is 16.7. The van der Waals surface area contributed by atoms with E-state index in [4.69, 9.17) is 4.74 Å². The Morgan fingerprint density at radius 3 is 2.68 bits per heavy atom. The number of H-pyrrole nitrogens is 1. The second-order valence-corrected chi connectivity index (χ2v) is 7.56. The molecule has 22 heavy (non-hydrogen) atoms. The smallest absolute Gasteiger partial charge is 0.260 e. The molecular formula is C15H14N2O4S. The quantitative estimate of drug-likeness (QED) is 0.847. The van der Waals surface area contributed by atoms with Crippen molar-refractivity contribution in [3.8, 4) is 11.3 Å². The average molecular weight is 318 g/mol. The van der Waals surface area contributed by atoms with Crippen molar-refractivity contribution in [3.63, 3.8) is 0 Å². The van der Waals surface area contributed by atoms with Gasteiger partial charge in [0, 0.05) is 24.4 Å². The summed E-state index contributed by atoms with van der Waals surface area (Å²) in [6, 6.07) is 9.54. The summed E-state index contributed by atoms with van der Waals surface area (Å²) < 4.78 is 29.8. The zero-order chi connectivity index (χ0) is 15.5. The number of aromatic amines is 1. The molecule has 2 aliphatic rings. The topological polar surface area (TPSA) is 79.5 Å². The van der Waals surface area contributed by atoms with Gasteiger partial charge in [0.15, 0.2) is 21.3 Å². The Hall–Kier alpha value is -2.12. The maximum absolute atomic E-state index is 12.4. The van der Waals surface area contributed by atoms with E-state index < -0.39 is 21.3 Å². The first-order valence-electron chi connectivity index (χ1n) is 6.87. The van der Waals surface area contributed by atoms with Crippen molar-refractivity contribution in [2.24, 2.45) is 0 Å². The Kier molecular flexibility index (Phi) is 2.73. The molecule has 1 N–H and O–H groups in total. The van der Waals surface area contributed by atoms with Crippen molar-refractivity contribution in [2.45, 2.75) is 17.2 Å². The molecule has 114 valence electrons. The van der Waals surface area contributed by atoms with Crippen LogP contribution >= 0.6 is 0 Å². The Morgan fingerprint density at radius 1 is 1.27 bits per heavy atom. The van der Waals surface area contributed by atoms with Crippen LogP contribution in [0.25, 0.3) is 11.3 Å². The molecule has 0 radical (unpaired) electrons. The van der Waals surface area contributed by atoms with Crippen LogP contribution in [0.2, 0.25) is 0 Å². The molecule has 1 aromatic heterocycles. The molecule has 0 unspecified atom stereocenters. The van der Waals surface area contributed by atoms with E-state index in [9.17, 15) is 13.2 Å². The summed E-state index contributed by atoms with van der Waals surface area (Å²) in [5, 5.41) is -0.921. The molecule has 1 aromatic carbocycles. The maximum Gasteiger partial charge on any atom is 0.260 e. The molecule has 0 aliphatic carbocycles. The van der Waals surface area contributed by atoms with Gasteiger partial charge in [-0.15, -0.1) is 0 Å². The number of anilines is 1. The highest BCUT2D eigenvalue weighted by molar-refractivity contribution is 7.91. The van der Waals surface area contributed by atoms with Gasteiger partial charge in [-0.3, -0.25) is 9.69 Å². The largest absolute Gasteiger partial charge is 0.368 e. The molecule has 1 amide bonds. The SMILES string of the molecule is CO[C@H]1C(=O)N2c3c(c[nH]c3-c3ccccc3)CS(=O)(=O)[C@H]12. The number of carbonyl (C=O) groups excluding carboxylic acids is 1. The van der Waals surface area contributed by atoms with E-state index in [-0.39, 0.29) is 11.7 Å². The number of hydrogen-bond acceptors (Lipinski definition) is 4. The fourth-order valence-electron chi connectivity index (χ4n) is 3.21. The lowest BCUT2D eigenvalue weighted by atomic mass is 10.0. The highest BCUT2D eigenvalue weighted by Crippen LogP contribution is 2.46. The molecule has 7 heteroatoms. The van der Waals surface area contributed by atoms with E-state index in [0.29, 0.717) is 11.3 Å². The molecule has 3 heterocycles. The third-order valence-electron chi connectivity index (χ3n) is 4.21. The Morgan fingerprint density at radius 2 is 2.00 bits per heavy atom. The van der Waals surface area contributed by atoms with Gasteiger partial charge in [-0.25, -0.2) is 8.42 Å². The van der Waals surface area contributed by atoms with Gasteiger partial charge in [-0.1, -0.05) is 30.3 Å².